The van der Waals surface area contributed by atoms with Crippen molar-refractivity contribution in [3.63, 3.8) is 0 Å². The van der Waals surface area contributed by atoms with E-state index in [1.54, 1.807) is 0 Å². The Kier molecular flexibility index (Phi) is 11.0. The molecule has 0 bridgehead atoms. The molecule has 0 aliphatic carbocycles. The average Bonchev–Trinajstić information content (AvgIpc) is 2.25. The van der Waals surface area contributed by atoms with Gasteiger partial charge in [0, 0.05) is 17.6 Å². The van der Waals surface area contributed by atoms with E-state index >= 15 is 0 Å². The SMILES string of the molecule is C=C(CC(C)O)C(=O)O.C=C(CCCC)C(=O)O. The van der Waals surface area contributed by atoms with Gasteiger partial charge in [-0.1, -0.05) is 26.5 Å². The predicted octanol–water partition coefficient (Wildman–Crippen LogP) is 2.22. The van der Waals surface area contributed by atoms with Gasteiger partial charge in [-0.15, -0.1) is 0 Å². The first kappa shape index (κ1) is 18.7. The van der Waals surface area contributed by atoms with Gasteiger partial charge in [0.15, 0.2) is 0 Å². The van der Waals surface area contributed by atoms with Gasteiger partial charge >= 0.3 is 11.9 Å². The molecule has 3 N–H and O–H groups in total. The molecule has 0 aromatic carbocycles. The summed E-state index contributed by atoms with van der Waals surface area (Å²) in [5, 5.41) is 25.2. The molecule has 0 saturated heterocycles. The van der Waals surface area contributed by atoms with Crippen LogP contribution in [0, 0.1) is 0 Å². The van der Waals surface area contributed by atoms with Crippen LogP contribution in [0.4, 0.5) is 0 Å². The monoisotopic (exact) mass is 258 g/mol. The van der Waals surface area contributed by atoms with Gasteiger partial charge in [0.25, 0.3) is 0 Å². The molecular formula is C13H22O5. The lowest BCUT2D eigenvalue weighted by molar-refractivity contribution is -0.133. The smallest absolute Gasteiger partial charge is 0.331 e. The average molecular weight is 258 g/mol. The van der Waals surface area contributed by atoms with Crippen molar-refractivity contribution in [2.75, 3.05) is 0 Å². The van der Waals surface area contributed by atoms with Gasteiger partial charge in [0.2, 0.25) is 0 Å². The molecule has 0 radical (unpaired) electrons. The van der Waals surface area contributed by atoms with Crippen molar-refractivity contribution in [1.82, 2.24) is 0 Å². The lowest BCUT2D eigenvalue weighted by Gasteiger charge is -2.01. The Bertz CT molecular complexity index is 305. The maximum Gasteiger partial charge on any atom is 0.331 e. The van der Waals surface area contributed by atoms with Crippen molar-refractivity contribution in [3.05, 3.63) is 24.3 Å². The van der Waals surface area contributed by atoms with Crippen molar-refractivity contribution in [2.24, 2.45) is 0 Å². The third kappa shape index (κ3) is 12.4. The third-order valence-corrected chi connectivity index (χ3v) is 1.98. The quantitative estimate of drug-likeness (QED) is 0.608. The van der Waals surface area contributed by atoms with Gasteiger partial charge in [-0.2, -0.15) is 0 Å². The van der Waals surface area contributed by atoms with E-state index in [9.17, 15) is 9.59 Å². The van der Waals surface area contributed by atoms with Gasteiger partial charge in [0.1, 0.15) is 0 Å². The Morgan fingerprint density at radius 3 is 1.78 bits per heavy atom. The molecule has 5 heteroatoms. The van der Waals surface area contributed by atoms with Crippen LogP contribution in [0.5, 0.6) is 0 Å². The largest absolute Gasteiger partial charge is 0.478 e. The Morgan fingerprint density at radius 1 is 1.11 bits per heavy atom. The highest BCUT2D eigenvalue weighted by molar-refractivity contribution is 5.86. The van der Waals surface area contributed by atoms with Crippen molar-refractivity contribution < 1.29 is 24.9 Å². The first-order valence-corrected chi connectivity index (χ1v) is 5.72. The van der Waals surface area contributed by atoms with Crippen LogP contribution in [0.3, 0.4) is 0 Å². The standard InChI is InChI=1S/C7H12O2.C6H10O3/c1-3-4-5-6(2)7(8)9;1-4(6(8)9)3-5(2)7/h2-5H2,1H3,(H,8,9);5,7H,1,3H2,2H3,(H,8,9). The summed E-state index contributed by atoms with van der Waals surface area (Å²) in [4.78, 5) is 20.1. The van der Waals surface area contributed by atoms with E-state index in [0.29, 0.717) is 12.0 Å². The molecule has 18 heavy (non-hydrogen) atoms. The van der Waals surface area contributed by atoms with E-state index in [1.807, 2.05) is 6.92 Å². The van der Waals surface area contributed by atoms with Crippen LogP contribution in [-0.2, 0) is 9.59 Å². The van der Waals surface area contributed by atoms with Gasteiger partial charge in [0.05, 0.1) is 6.10 Å². The van der Waals surface area contributed by atoms with Gasteiger partial charge in [-0.05, 0) is 19.8 Å². The minimum absolute atomic E-state index is 0.0463. The Balaban J connectivity index is 0. The fourth-order valence-corrected chi connectivity index (χ4v) is 0.941. The first-order chi connectivity index (χ1) is 8.22. The number of carboxylic acids is 2. The lowest BCUT2D eigenvalue weighted by atomic mass is 10.1. The number of unbranched alkanes of at least 4 members (excludes halogenated alkanes) is 1. The summed E-state index contributed by atoms with van der Waals surface area (Å²) in [6.45, 7) is 10.2. The normalized spacial score (nSPS) is 10.8. The van der Waals surface area contributed by atoms with E-state index < -0.39 is 18.0 Å². The Labute approximate surface area is 107 Å². The van der Waals surface area contributed by atoms with Crippen molar-refractivity contribution in [3.8, 4) is 0 Å². The molecule has 0 heterocycles. The van der Waals surface area contributed by atoms with E-state index in [2.05, 4.69) is 13.2 Å². The van der Waals surface area contributed by atoms with E-state index in [-0.39, 0.29) is 12.0 Å². The van der Waals surface area contributed by atoms with Crippen LogP contribution in [-0.4, -0.2) is 33.4 Å². The van der Waals surface area contributed by atoms with Crippen LogP contribution in [0.2, 0.25) is 0 Å². The van der Waals surface area contributed by atoms with Crippen molar-refractivity contribution in [2.45, 2.75) is 45.6 Å². The molecule has 1 atom stereocenters. The van der Waals surface area contributed by atoms with E-state index in [4.69, 9.17) is 15.3 Å². The zero-order chi connectivity index (χ0) is 14.7. The molecule has 0 saturated carbocycles. The second kappa shape index (κ2) is 10.5. The van der Waals surface area contributed by atoms with E-state index in [0.717, 1.165) is 12.8 Å². The summed E-state index contributed by atoms with van der Waals surface area (Å²) in [7, 11) is 0. The van der Waals surface area contributed by atoms with Crippen molar-refractivity contribution >= 4 is 11.9 Å². The zero-order valence-electron chi connectivity index (χ0n) is 11.0. The van der Waals surface area contributed by atoms with E-state index in [1.165, 1.54) is 6.92 Å². The first-order valence-electron chi connectivity index (χ1n) is 5.72. The lowest BCUT2D eigenvalue weighted by Crippen LogP contribution is -2.07. The van der Waals surface area contributed by atoms with Crippen LogP contribution < -0.4 is 0 Å². The molecule has 0 aromatic heterocycles. The predicted molar refractivity (Wildman–Crippen MR) is 69.4 cm³/mol. The second-order valence-corrected chi connectivity index (χ2v) is 3.97. The topological polar surface area (TPSA) is 94.8 Å². The summed E-state index contributed by atoms with van der Waals surface area (Å²) in [5.74, 6) is -1.92. The minimum atomic E-state index is -1.05. The molecular weight excluding hydrogens is 236 g/mol. The number of aliphatic hydroxyl groups excluding tert-OH is 1. The van der Waals surface area contributed by atoms with Crippen LogP contribution >= 0.6 is 0 Å². The molecule has 0 rings (SSSR count). The number of aliphatic hydroxyl groups is 1. The number of carbonyl (C=O) groups is 2. The molecule has 0 aliphatic heterocycles. The molecule has 0 spiro atoms. The number of hydrogen-bond acceptors (Lipinski definition) is 3. The fourth-order valence-electron chi connectivity index (χ4n) is 0.941. The molecule has 0 aliphatic rings. The summed E-state index contributed by atoms with van der Waals surface area (Å²) in [6.07, 6.45) is 2.08. The molecule has 5 nitrogen and oxygen atoms in total. The number of aliphatic carboxylic acids is 2. The van der Waals surface area contributed by atoms with Gasteiger partial charge in [-0.3, -0.25) is 0 Å². The Hall–Kier alpha value is -1.62. The van der Waals surface area contributed by atoms with Crippen LogP contribution in [0.25, 0.3) is 0 Å². The summed E-state index contributed by atoms with van der Waals surface area (Å²) in [5.41, 5.74) is 0.363. The zero-order valence-corrected chi connectivity index (χ0v) is 11.0. The van der Waals surface area contributed by atoms with Crippen molar-refractivity contribution in [1.29, 1.82) is 0 Å². The number of hydrogen-bond donors (Lipinski definition) is 3. The number of carboxylic acid groups (broad SMARTS) is 2. The highest BCUT2D eigenvalue weighted by Crippen LogP contribution is 2.03. The highest BCUT2D eigenvalue weighted by Gasteiger charge is 2.05. The molecule has 1 unspecified atom stereocenters. The second-order valence-electron chi connectivity index (χ2n) is 3.97. The highest BCUT2D eigenvalue weighted by atomic mass is 16.4. The van der Waals surface area contributed by atoms with Crippen LogP contribution in [0.1, 0.15) is 39.5 Å². The molecule has 104 valence electrons. The molecule has 0 fully saturated rings. The van der Waals surface area contributed by atoms with Gasteiger partial charge < -0.3 is 15.3 Å². The third-order valence-electron chi connectivity index (χ3n) is 1.98. The summed E-state index contributed by atoms with van der Waals surface area (Å²) >= 11 is 0. The summed E-state index contributed by atoms with van der Waals surface area (Å²) < 4.78 is 0. The Morgan fingerprint density at radius 2 is 1.56 bits per heavy atom. The molecule has 0 aromatic rings. The summed E-state index contributed by atoms with van der Waals surface area (Å²) in [6, 6.07) is 0. The van der Waals surface area contributed by atoms with Crippen LogP contribution in [0.15, 0.2) is 24.3 Å². The maximum absolute atomic E-state index is 10.1. The maximum atomic E-state index is 10.1. The molecule has 0 amide bonds. The fraction of sp³-hybridized carbons (Fsp3) is 0.538. The minimum Gasteiger partial charge on any atom is -0.478 e. The van der Waals surface area contributed by atoms with Gasteiger partial charge in [-0.25, -0.2) is 9.59 Å². The number of rotatable bonds is 7.